The van der Waals surface area contributed by atoms with Crippen LogP contribution < -0.4 is 0 Å². The zero-order chi connectivity index (χ0) is 49.7. The highest BCUT2D eigenvalue weighted by Gasteiger charge is 3.00. The molecule has 0 radical (unpaired) electrons. The van der Waals surface area contributed by atoms with E-state index in [9.17, 15) is 137 Å². The van der Waals surface area contributed by atoms with Crippen LogP contribution in [-0.4, -0.2) is 107 Å². The fraction of sp³-hybridized carbons (Fsp3) is 0.875. The van der Waals surface area contributed by atoms with E-state index in [4.69, 9.17) is 0 Å². The van der Waals surface area contributed by atoms with Gasteiger partial charge in [-0.2, -0.15) is 149 Å². The number of carbonyl (C=O) groups excluding carboxylic acids is 1. The van der Waals surface area contributed by atoms with Gasteiger partial charge in [-0.25, -0.2) is 4.79 Å². The van der Waals surface area contributed by atoms with Gasteiger partial charge in [0.2, 0.25) is 0 Å². The topological polar surface area (TPSA) is 26.3 Å². The monoisotopic (exact) mass is 978 g/mol. The van der Waals surface area contributed by atoms with Gasteiger partial charge in [-0.3, -0.25) is 0 Å². The Balaban J connectivity index is 8.50. The van der Waals surface area contributed by atoms with E-state index in [1.54, 1.807) is 0 Å². The molecule has 0 saturated carbocycles. The molecule has 0 spiro atoms. The molecule has 0 N–H and O–H groups in total. The molecular formula is C24H12F34O2. The molecular weight excluding hydrogens is 966 g/mol. The van der Waals surface area contributed by atoms with Crippen LogP contribution >= 0.6 is 0 Å². The average molecular weight is 978 g/mol. The minimum Gasteiger partial charge on any atom is -0.458 e. The Hall–Kier alpha value is -3.17. The number of hydrogen-bond donors (Lipinski definition) is 0. The largest absolute Gasteiger partial charge is 0.460 e. The molecule has 0 amide bonds. The Morgan fingerprint density at radius 1 is 0.383 bits per heavy atom. The molecule has 358 valence electrons. The molecule has 0 rings (SSSR count). The lowest BCUT2D eigenvalue weighted by Gasteiger charge is -2.48. The highest BCUT2D eigenvalue weighted by Crippen LogP contribution is 2.69. The number of halogens is 34. The summed E-state index contributed by atoms with van der Waals surface area (Å²) in [6, 6.07) is 0. The van der Waals surface area contributed by atoms with Crippen molar-refractivity contribution in [3.8, 4) is 0 Å². The molecule has 60 heavy (non-hydrogen) atoms. The van der Waals surface area contributed by atoms with Crippen molar-refractivity contribution in [2.45, 2.75) is 122 Å². The van der Waals surface area contributed by atoms with Crippen LogP contribution in [-0.2, 0) is 9.53 Å². The molecule has 2 unspecified atom stereocenters. The molecule has 0 aromatic carbocycles. The quantitative estimate of drug-likeness (QED) is 0.0777. The molecule has 0 saturated heterocycles. The Morgan fingerprint density at radius 2 is 0.567 bits per heavy atom. The third kappa shape index (κ3) is 7.17. The first-order valence-electron chi connectivity index (χ1n) is 13.7. The van der Waals surface area contributed by atoms with Crippen molar-refractivity contribution in [3.63, 3.8) is 0 Å². The Morgan fingerprint density at radius 3 is 0.733 bits per heavy atom. The number of ether oxygens (including phenoxy) is 1. The maximum absolute atomic E-state index is 15.2. The number of carbonyl (C=O) groups is 1. The van der Waals surface area contributed by atoms with E-state index in [1.165, 1.54) is 0 Å². The third-order valence-corrected chi connectivity index (χ3v) is 7.65. The van der Waals surface area contributed by atoms with E-state index >= 15 is 17.6 Å². The van der Waals surface area contributed by atoms with Crippen molar-refractivity contribution in [2.24, 2.45) is 5.92 Å². The molecule has 36 heteroatoms. The standard InChI is InChI=1S/C24H12F34O2/c1-4-6(60-8(59)5(2)3)7(10(27,28)12(31,32)14(35,36)19(45,46)21(49,50)23(53,54)55)9(25,26)11(29,30)13(33,34)15(37,38)16(39,40)17(41,42)18(43,44)20(47,48)22(51,52)24(56,57)58/h6-7H,2,4H2,1,3H3. The fourth-order valence-corrected chi connectivity index (χ4v) is 4.06. The van der Waals surface area contributed by atoms with Crippen molar-refractivity contribution < 1.29 is 159 Å². The van der Waals surface area contributed by atoms with Crippen LogP contribution in [0.2, 0.25) is 0 Å². The van der Waals surface area contributed by atoms with E-state index in [0.29, 0.717) is 0 Å². The summed E-state index contributed by atoms with van der Waals surface area (Å²) in [5.41, 5.74) is -1.60. The van der Waals surface area contributed by atoms with Gasteiger partial charge >= 0.3 is 101 Å². The van der Waals surface area contributed by atoms with Crippen molar-refractivity contribution in [1.82, 2.24) is 0 Å². The summed E-state index contributed by atoms with van der Waals surface area (Å²) >= 11 is 0. The fourth-order valence-electron chi connectivity index (χ4n) is 4.06. The third-order valence-electron chi connectivity index (χ3n) is 7.65. The van der Waals surface area contributed by atoms with Gasteiger partial charge in [0.05, 0.1) is 0 Å². The second-order valence-electron chi connectivity index (χ2n) is 11.7. The van der Waals surface area contributed by atoms with Gasteiger partial charge < -0.3 is 4.74 Å². The van der Waals surface area contributed by atoms with Crippen LogP contribution in [0.1, 0.15) is 20.3 Å². The molecule has 0 bridgehead atoms. The van der Waals surface area contributed by atoms with Crippen LogP contribution in [0.4, 0.5) is 149 Å². The highest BCUT2D eigenvalue weighted by atomic mass is 19.4. The van der Waals surface area contributed by atoms with Gasteiger partial charge in [0, 0.05) is 5.57 Å². The molecule has 0 aromatic rings. The molecule has 0 aliphatic heterocycles. The zero-order valence-corrected chi connectivity index (χ0v) is 27.2. The van der Waals surface area contributed by atoms with Crippen molar-refractivity contribution in [3.05, 3.63) is 12.2 Å². The molecule has 0 heterocycles. The highest BCUT2D eigenvalue weighted by molar-refractivity contribution is 5.87. The summed E-state index contributed by atoms with van der Waals surface area (Å²) in [4.78, 5) is 11.7. The zero-order valence-electron chi connectivity index (χ0n) is 27.2. The number of esters is 1. The summed E-state index contributed by atoms with van der Waals surface area (Å²) < 4.78 is 473. The van der Waals surface area contributed by atoms with E-state index < -0.39 is 132 Å². The Bertz CT molecular complexity index is 1580. The Kier molecular flexibility index (Phi) is 13.9. The predicted molar refractivity (Wildman–Crippen MR) is 120 cm³/mol. The molecule has 0 aromatic heterocycles. The maximum Gasteiger partial charge on any atom is 0.460 e. The lowest BCUT2D eigenvalue weighted by molar-refractivity contribution is -0.480. The Labute approximate surface area is 305 Å². The van der Waals surface area contributed by atoms with Crippen LogP contribution in [0.3, 0.4) is 0 Å². The van der Waals surface area contributed by atoms with Gasteiger partial charge in [0.1, 0.15) is 12.0 Å². The minimum absolute atomic E-state index is 0.109. The van der Waals surface area contributed by atoms with E-state index in [1.807, 2.05) is 0 Å². The summed E-state index contributed by atoms with van der Waals surface area (Å²) in [6.45, 7) is 2.10. The van der Waals surface area contributed by atoms with Crippen LogP contribution in [0, 0.1) is 5.92 Å². The van der Waals surface area contributed by atoms with Gasteiger partial charge in [-0.15, -0.1) is 0 Å². The summed E-state index contributed by atoms with van der Waals surface area (Å²) in [7, 11) is 0. The van der Waals surface area contributed by atoms with Crippen LogP contribution in [0.5, 0.6) is 0 Å². The van der Waals surface area contributed by atoms with E-state index in [0.717, 1.165) is 0 Å². The van der Waals surface area contributed by atoms with Gasteiger partial charge in [0.15, 0.2) is 0 Å². The molecule has 0 fully saturated rings. The second kappa shape index (κ2) is 14.7. The molecule has 0 aliphatic rings. The summed E-state index contributed by atoms with van der Waals surface area (Å²) in [6.07, 6.45) is -24.5. The lowest BCUT2D eigenvalue weighted by atomic mass is 9.75. The maximum atomic E-state index is 15.2. The van der Waals surface area contributed by atoms with Crippen molar-refractivity contribution >= 4 is 5.97 Å². The minimum atomic E-state index is -10.1. The predicted octanol–water partition coefficient (Wildman–Crippen LogP) is 12.5. The van der Waals surface area contributed by atoms with Crippen LogP contribution in [0.25, 0.3) is 0 Å². The first kappa shape index (κ1) is 56.8. The second-order valence-corrected chi connectivity index (χ2v) is 11.7. The summed E-state index contributed by atoms with van der Waals surface area (Å²) in [5.74, 6) is -143. The van der Waals surface area contributed by atoms with Gasteiger partial charge in [-0.05, 0) is 13.3 Å². The number of hydrogen-bond acceptors (Lipinski definition) is 2. The van der Waals surface area contributed by atoms with E-state index in [2.05, 4.69) is 11.3 Å². The smallest absolute Gasteiger partial charge is 0.458 e. The molecule has 2 atom stereocenters. The molecule has 2 nitrogen and oxygen atoms in total. The van der Waals surface area contributed by atoms with Crippen molar-refractivity contribution in [2.75, 3.05) is 0 Å². The molecule has 0 aliphatic carbocycles. The number of alkyl halides is 34. The van der Waals surface area contributed by atoms with Gasteiger partial charge in [0.25, 0.3) is 0 Å². The number of rotatable bonds is 18. The normalized spacial score (nSPS) is 17.4. The lowest BCUT2D eigenvalue weighted by Crippen LogP contribution is -2.78. The first-order chi connectivity index (χ1) is 25.4. The van der Waals surface area contributed by atoms with Crippen molar-refractivity contribution in [1.29, 1.82) is 0 Å². The first-order valence-corrected chi connectivity index (χ1v) is 13.7. The summed E-state index contributed by atoms with van der Waals surface area (Å²) in [5, 5.41) is 0. The SMILES string of the molecule is C=C(C)C(=O)OC(CC)C(C(F)(F)C(F)(F)C(F)(F)C(F)(F)C(F)(F)C(F)(F)F)C(F)(F)C(F)(F)C(F)(F)C(F)(F)C(F)(F)C(F)(F)C(F)(F)C(F)(F)C(F)(F)C(F)(F)F. The van der Waals surface area contributed by atoms with Crippen LogP contribution in [0.15, 0.2) is 12.2 Å². The van der Waals surface area contributed by atoms with Gasteiger partial charge in [-0.1, -0.05) is 13.5 Å². The average Bonchev–Trinajstić information content (AvgIpc) is 3.01. The van der Waals surface area contributed by atoms with E-state index in [-0.39, 0.29) is 6.92 Å².